The Balaban J connectivity index is 1.98. The molecule has 1 aromatic heterocycles. The maximum absolute atomic E-state index is 13.3. The molecule has 0 aliphatic heterocycles. The van der Waals surface area contributed by atoms with Crippen LogP contribution in [0.2, 0.25) is 0 Å². The van der Waals surface area contributed by atoms with E-state index in [4.69, 9.17) is 9.84 Å². The smallest absolute Gasteiger partial charge is 0.318 e. The second-order valence-corrected chi connectivity index (χ2v) is 9.73. The average Bonchev–Trinajstić information content (AvgIpc) is 3.12. The van der Waals surface area contributed by atoms with Crippen LogP contribution < -0.4 is 15.4 Å². The van der Waals surface area contributed by atoms with Crippen LogP contribution in [0.5, 0.6) is 5.75 Å². The highest BCUT2D eigenvalue weighted by atomic mass is 16.5. The quantitative estimate of drug-likeness (QED) is 0.500. The van der Waals surface area contributed by atoms with Gasteiger partial charge in [0.2, 0.25) is 5.91 Å². The Labute approximate surface area is 207 Å². The number of carbonyl (C=O) groups is 2. The largest absolute Gasteiger partial charge is 0.497 e. The number of aryl methyl sites for hydroxylation is 1. The summed E-state index contributed by atoms with van der Waals surface area (Å²) in [6.07, 6.45) is 0. The van der Waals surface area contributed by atoms with Gasteiger partial charge in [-0.3, -0.25) is 4.79 Å². The van der Waals surface area contributed by atoms with E-state index in [0.29, 0.717) is 5.82 Å². The molecule has 2 aromatic carbocycles. The van der Waals surface area contributed by atoms with E-state index in [1.165, 1.54) is 4.90 Å². The van der Waals surface area contributed by atoms with Gasteiger partial charge in [-0.2, -0.15) is 5.10 Å². The van der Waals surface area contributed by atoms with Gasteiger partial charge in [0.25, 0.3) is 0 Å². The molecule has 0 radical (unpaired) electrons. The molecule has 0 atom stereocenters. The molecular weight excluding hydrogens is 442 g/mol. The van der Waals surface area contributed by atoms with Crippen molar-refractivity contribution in [3.63, 3.8) is 0 Å². The molecule has 2 N–H and O–H groups in total. The van der Waals surface area contributed by atoms with Crippen LogP contribution in [-0.4, -0.2) is 51.9 Å². The summed E-state index contributed by atoms with van der Waals surface area (Å²) in [7, 11) is 1.61. The number of urea groups is 1. The summed E-state index contributed by atoms with van der Waals surface area (Å²) in [5.74, 6) is 0.960. The third kappa shape index (κ3) is 6.41. The van der Waals surface area contributed by atoms with Crippen molar-refractivity contribution in [1.82, 2.24) is 20.0 Å². The second-order valence-electron chi connectivity index (χ2n) is 9.73. The molecule has 0 aliphatic carbocycles. The van der Waals surface area contributed by atoms with Crippen molar-refractivity contribution in [2.45, 2.75) is 53.1 Å². The van der Waals surface area contributed by atoms with Crippen molar-refractivity contribution >= 4 is 17.8 Å². The van der Waals surface area contributed by atoms with Gasteiger partial charge >= 0.3 is 6.03 Å². The van der Waals surface area contributed by atoms with Gasteiger partial charge in [0, 0.05) is 17.1 Å². The van der Waals surface area contributed by atoms with Crippen LogP contribution in [0.15, 0.2) is 54.6 Å². The minimum absolute atomic E-state index is 0.0966. The molecule has 8 nitrogen and oxygen atoms in total. The van der Waals surface area contributed by atoms with Crippen molar-refractivity contribution in [2.75, 3.05) is 19.0 Å². The Morgan fingerprint density at radius 3 is 2.23 bits per heavy atom. The van der Waals surface area contributed by atoms with E-state index in [2.05, 4.69) is 10.6 Å². The topological polar surface area (TPSA) is 88.5 Å². The van der Waals surface area contributed by atoms with Crippen molar-refractivity contribution in [3.05, 3.63) is 60.3 Å². The highest BCUT2D eigenvalue weighted by molar-refractivity contribution is 5.98. The van der Waals surface area contributed by atoms with Gasteiger partial charge in [-0.15, -0.1) is 0 Å². The molecular formula is C27H35N5O3. The number of benzene rings is 2. The number of rotatable bonds is 7. The van der Waals surface area contributed by atoms with Gasteiger partial charge in [0.15, 0.2) is 0 Å². The fourth-order valence-corrected chi connectivity index (χ4v) is 3.71. The average molecular weight is 478 g/mol. The van der Waals surface area contributed by atoms with Crippen LogP contribution in [0.4, 0.5) is 10.6 Å². The van der Waals surface area contributed by atoms with E-state index in [1.54, 1.807) is 11.8 Å². The summed E-state index contributed by atoms with van der Waals surface area (Å²) < 4.78 is 6.99. The van der Waals surface area contributed by atoms with Crippen LogP contribution in [0.25, 0.3) is 16.8 Å². The maximum Gasteiger partial charge on any atom is 0.318 e. The first-order valence-corrected chi connectivity index (χ1v) is 11.7. The first-order valence-electron chi connectivity index (χ1n) is 11.7. The lowest BCUT2D eigenvalue weighted by Crippen LogP contribution is -2.52. The third-order valence-electron chi connectivity index (χ3n) is 5.38. The second kappa shape index (κ2) is 10.6. The molecule has 3 amide bonds. The Morgan fingerprint density at radius 2 is 1.69 bits per heavy atom. The lowest BCUT2D eigenvalue weighted by molar-refractivity contribution is -0.117. The Hall–Kier alpha value is -3.81. The summed E-state index contributed by atoms with van der Waals surface area (Å²) in [4.78, 5) is 27.6. The number of aromatic nitrogens is 2. The van der Waals surface area contributed by atoms with Crippen molar-refractivity contribution < 1.29 is 14.3 Å². The molecule has 8 heteroatoms. The summed E-state index contributed by atoms with van der Waals surface area (Å²) in [6.45, 7) is 11.3. The zero-order valence-electron chi connectivity index (χ0n) is 21.5. The molecule has 3 aromatic rings. The SMILES string of the molecule is COc1ccc(-n2nc(C)c(-c3ccccc3)c2NC(=O)CN(C(=O)NC(C)(C)C)C(C)C)cc1. The number of carbonyl (C=O) groups excluding carboxylic acids is 2. The molecule has 3 rings (SSSR count). The summed E-state index contributed by atoms with van der Waals surface area (Å²) in [5.41, 5.74) is 2.90. The fraction of sp³-hybridized carbons (Fsp3) is 0.370. The number of ether oxygens (including phenoxy) is 1. The van der Waals surface area contributed by atoms with Gasteiger partial charge in [-0.05, 0) is 71.4 Å². The number of anilines is 1. The van der Waals surface area contributed by atoms with Crippen molar-refractivity contribution in [1.29, 1.82) is 0 Å². The number of methoxy groups -OCH3 is 1. The van der Waals surface area contributed by atoms with Gasteiger partial charge < -0.3 is 20.3 Å². The highest BCUT2D eigenvalue weighted by Crippen LogP contribution is 2.33. The lowest BCUT2D eigenvalue weighted by Gasteiger charge is -2.30. The first kappa shape index (κ1) is 25.8. The maximum atomic E-state index is 13.3. The van der Waals surface area contributed by atoms with Crippen molar-refractivity contribution in [3.8, 4) is 22.6 Å². The number of amides is 3. The molecule has 0 bridgehead atoms. The van der Waals surface area contributed by atoms with Gasteiger partial charge in [-0.25, -0.2) is 9.48 Å². The Kier molecular flexibility index (Phi) is 7.84. The predicted molar refractivity (Wildman–Crippen MR) is 139 cm³/mol. The monoisotopic (exact) mass is 477 g/mol. The third-order valence-corrected chi connectivity index (χ3v) is 5.38. The molecule has 0 saturated carbocycles. The minimum Gasteiger partial charge on any atom is -0.497 e. The lowest BCUT2D eigenvalue weighted by atomic mass is 10.1. The Bertz CT molecular complexity index is 1160. The number of nitrogens with one attached hydrogen (secondary N) is 2. The molecule has 1 heterocycles. The predicted octanol–water partition coefficient (Wildman–Crippen LogP) is 5.01. The standard InChI is InChI=1S/C27H35N5O3/c1-18(2)31(26(34)29-27(4,5)6)17-23(33)28-25-24(20-11-9-8-10-12-20)19(3)30-32(25)21-13-15-22(35-7)16-14-21/h8-16,18H,17H2,1-7H3,(H,28,33)(H,29,34). The number of hydrogen-bond donors (Lipinski definition) is 2. The number of hydrogen-bond acceptors (Lipinski definition) is 4. The van der Waals surface area contributed by atoms with Crippen molar-refractivity contribution in [2.24, 2.45) is 0 Å². The minimum atomic E-state index is -0.411. The van der Waals surface area contributed by atoms with Gasteiger partial charge in [0.05, 0.1) is 18.5 Å². The molecule has 35 heavy (non-hydrogen) atoms. The molecule has 0 spiro atoms. The molecule has 186 valence electrons. The molecule has 0 saturated heterocycles. The fourth-order valence-electron chi connectivity index (χ4n) is 3.71. The van der Waals surface area contributed by atoms with E-state index < -0.39 is 5.54 Å². The van der Waals surface area contributed by atoms with Crippen LogP contribution in [0.3, 0.4) is 0 Å². The van der Waals surface area contributed by atoms with Crippen LogP contribution in [0, 0.1) is 6.92 Å². The normalized spacial score (nSPS) is 11.3. The van der Waals surface area contributed by atoms with E-state index >= 15 is 0 Å². The highest BCUT2D eigenvalue weighted by Gasteiger charge is 2.26. The molecule has 0 fully saturated rings. The summed E-state index contributed by atoms with van der Waals surface area (Å²) in [5, 5.41) is 10.7. The Morgan fingerprint density at radius 1 is 1.06 bits per heavy atom. The van der Waals surface area contributed by atoms with E-state index in [0.717, 1.165) is 28.3 Å². The summed E-state index contributed by atoms with van der Waals surface area (Å²) >= 11 is 0. The first-order chi connectivity index (χ1) is 16.5. The zero-order chi connectivity index (χ0) is 25.8. The van der Waals surface area contributed by atoms with Crippen LogP contribution in [0.1, 0.15) is 40.3 Å². The van der Waals surface area contributed by atoms with Gasteiger partial charge in [-0.1, -0.05) is 30.3 Å². The van der Waals surface area contributed by atoms with Crippen LogP contribution >= 0.6 is 0 Å². The summed E-state index contributed by atoms with van der Waals surface area (Å²) in [6, 6.07) is 16.8. The zero-order valence-corrected chi connectivity index (χ0v) is 21.5. The van der Waals surface area contributed by atoms with E-state index in [9.17, 15) is 9.59 Å². The van der Waals surface area contributed by atoms with Gasteiger partial charge in [0.1, 0.15) is 18.1 Å². The number of nitrogens with zero attached hydrogens (tertiary/aromatic N) is 3. The van der Waals surface area contributed by atoms with Crippen LogP contribution in [-0.2, 0) is 4.79 Å². The molecule has 0 aliphatic rings. The van der Waals surface area contributed by atoms with E-state index in [1.807, 2.05) is 96.1 Å². The van der Waals surface area contributed by atoms with E-state index in [-0.39, 0.29) is 24.5 Å². The molecule has 0 unspecified atom stereocenters.